The fourth-order valence-electron chi connectivity index (χ4n) is 1.25. The molecule has 1 aromatic carbocycles. The molecule has 0 saturated carbocycles. The van der Waals surface area contributed by atoms with Crippen LogP contribution in [0.25, 0.3) is 0 Å². The van der Waals surface area contributed by atoms with E-state index in [9.17, 15) is 4.79 Å². The summed E-state index contributed by atoms with van der Waals surface area (Å²) >= 11 is 6.01. The Balaban J connectivity index is 2.87. The average molecular weight is 256 g/mol. The molecule has 0 aliphatic rings. The van der Waals surface area contributed by atoms with Crippen molar-refractivity contribution in [3.8, 4) is 0 Å². The Morgan fingerprint density at radius 3 is 2.88 bits per heavy atom. The van der Waals surface area contributed by atoms with Crippen LogP contribution in [0.15, 0.2) is 23.3 Å². The lowest BCUT2D eigenvalue weighted by atomic mass is 10.1. The normalized spacial score (nSPS) is 11.1. The maximum atomic E-state index is 11.0. The van der Waals surface area contributed by atoms with Crippen LogP contribution in [0.4, 0.5) is 4.79 Å². The SMILES string of the molecule is COC(=O)NCc1cc(C(C)=NN)ccc1Cl. The van der Waals surface area contributed by atoms with Crippen LogP contribution in [-0.2, 0) is 11.3 Å². The summed E-state index contributed by atoms with van der Waals surface area (Å²) in [7, 11) is 1.30. The Bertz CT molecular complexity index is 446. The molecule has 0 atom stereocenters. The number of carbonyl (C=O) groups excluding carboxylic acids is 1. The van der Waals surface area contributed by atoms with Gasteiger partial charge in [0, 0.05) is 11.6 Å². The van der Waals surface area contributed by atoms with Crippen LogP contribution in [0.2, 0.25) is 5.02 Å². The van der Waals surface area contributed by atoms with E-state index in [1.165, 1.54) is 7.11 Å². The maximum Gasteiger partial charge on any atom is 0.407 e. The highest BCUT2D eigenvalue weighted by Gasteiger charge is 2.06. The number of nitrogens with zero attached hydrogens (tertiary/aromatic N) is 1. The molecule has 1 aromatic rings. The van der Waals surface area contributed by atoms with Crippen LogP contribution < -0.4 is 11.2 Å². The van der Waals surface area contributed by atoms with Gasteiger partial charge in [-0.3, -0.25) is 0 Å². The molecule has 0 aliphatic carbocycles. The molecule has 92 valence electrons. The third kappa shape index (κ3) is 3.64. The zero-order chi connectivity index (χ0) is 12.8. The zero-order valence-electron chi connectivity index (χ0n) is 9.66. The van der Waals surface area contributed by atoms with Gasteiger partial charge in [-0.2, -0.15) is 5.10 Å². The number of amides is 1. The molecule has 0 fully saturated rings. The van der Waals surface area contributed by atoms with Crippen molar-refractivity contribution in [2.24, 2.45) is 10.9 Å². The van der Waals surface area contributed by atoms with Crippen molar-refractivity contribution in [1.29, 1.82) is 0 Å². The number of rotatable bonds is 3. The van der Waals surface area contributed by atoms with Crippen LogP contribution >= 0.6 is 11.6 Å². The second-order valence-electron chi connectivity index (χ2n) is 3.37. The summed E-state index contributed by atoms with van der Waals surface area (Å²) in [6.07, 6.45) is -0.504. The lowest BCUT2D eigenvalue weighted by molar-refractivity contribution is 0.170. The third-order valence-corrected chi connectivity index (χ3v) is 2.63. The van der Waals surface area contributed by atoms with Gasteiger partial charge >= 0.3 is 6.09 Å². The standard InChI is InChI=1S/C11H14ClN3O2/c1-7(15-13)8-3-4-10(12)9(5-8)6-14-11(16)17-2/h3-5H,6,13H2,1-2H3,(H,14,16). The number of hydrogen-bond donors (Lipinski definition) is 2. The summed E-state index contributed by atoms with van der Waals surface area (Å²) in [6, 6.07) is 5.37. The monoisotopic (exact) mass is 255 g/mol. The molecule has 0 spiro atoms. The smallest absolute Gasteiger partial charge is 0.407 e. The van der Waals surface area contributed by atoms with Gasteiger partial charge in [0.15, 0.2) is 0 Å². The number of methoxy groups -OCH3 is 1. The molecule has 17 heavy (non-hydrogen) atoms. The first-order chi connectivity index (χ1) is 8.08. The number of nitrogens with one attached hydrogen (secondary N) is 1. The molecule has 5 nitrogen and oxygen atoms in total. The van der Waals surface area contributed by atoms with Crippen molar-refractivity contribution in [1.82, 2.24) is 5.32 Å². The summed E-state index contributed by atoms with van der Waals surface area (Å²) in [5.74, 6) is 5.20. The molecule has 0 bridgehead atoms. The number of carbonyl (C=O) groups is 1. The molecule has 0 heterocycles. The fourth-order valence-corrected chi connectivity index (χ4v) is 1.43. The minimum atomic E-state index is -0.504. The van der Waals surface area contributed by atoms with Gasteiger partial charge in [-0.05, 0) is 30.2 Å². The lowest BCUT2D eigenvalue weighted by Gasteiger charge is -2.08. The molecule has 1 rings (SSSR count). The van der Waals surface area contributed by atoms with Crippen molar-refractivity contribution in [2.45, 2.75) is 13.5 Å². The molecule has 3 N–H and O–H groups in total. The molecule has 0 saturated heterocycles. The number of hydrogen-bond acceptors (Lipinski definition) is 4. The Labute approximate surface area is 105 Å². The second kappa shape index (κ2) is 6.10. The highest BCUT2D eigenvalue weighted by atomic mass is 35.5. The van der Waals surface area contributed by atoms with Crippen molar-refractivity contribution in [2.75, 3.05) is 7.11 Å². The summed E-state index contributed by atoms with van der Waals surface area (Å²) in [6.45, 7) is 2.08. The van der Waals surface area contributed by atoms with Crippen molar-refractivity contribution < 1.29 is 9.53 Å². The highest BCUT2D eigenvalue weighted by Crippen LogP contribution is 2.18. The van der Waals surface area contributed by atoms with Crippen LogP contribution in [0.3, 0.4) is 0 Å². The van der Waals surface area contributed by atoms with E-state index in [4.69, 9.17) is 17.4 Å². The van der Waals surface area contributed by atoms with Crippen LogP contribution in [0.5, 0.6) is 0 Å². The topological polar surface area (TPSA) is 76.7 Å². The molecule has 6 heteroatoms. The largest absolute Gasteiger partial charge is 0.453 e. The number of alkyl carbamates (subject to hydrolysis) is 1. The first-order valence-electron chi connectivity index (χ1n) is 4.93. The van der Waals surface area contributed by atoms with E-state index in [2.05, 4.69) is 15.2 Å². The molecule has 1 amide bonds. The van der Waals surface area contributed by atoms with E-state index in [0.29, 0.717) is 10.7 Å². The summed E-state index contributed by atoms with van der Waals surface area (Å²) < 4.78 is 4.47. The first-order valence-corrected chi connectivity index (χ1v) is 5.31. The van der Waals surface area contributed by atoms with Gasteiger partial charge in [0.05, 0.1) is 12.8 Å². The Morgan fingerprint density at radius 1 is 1.59 bits per heavy atom. The Morgan fingerprint density at radius 2 is 2.29 bits per heavy atom. The molecule has 0 aliphatic heterocycles. The summed E-state index contributed by atoms with van der Waals surface area (Å²) in [5, 5.41) is 6.72. The number of ether oxygens (including phenoxy) is 1. The molecular weight excluding hydrogens is 242 g/mol. The number of nitrogens with two attached hydrogens (primary N) is 1. The quantitative estimate of drug-likeness (QED) is 0.492. The van der Waals surface area contributed by atoms with Crippen molar-refractivity contribution in [3.05, 3.63) is 34.3 Å². The van der Waals surface area contributed by atoms with E-state index in [-0.39, 0.29) is 6.54 Å². The minimum absolute atomic E-state index is 0.289. The maximum absolute atomic E-state index is 11.0. The number of benzene rings is 1. The van der Waals surface area contributed by atoms with Gasteiger partial charge in [-0.1, -0.05) is 17.7 Å². The van der Waals surface area contributed by atoms with E-state index < -0.39 is 6.09 Å². The summed E-state index contributed by atoms with van der Waals surface area (Å²) in [5.41, 5.74) is 2.33. The van der Waals surface area contributed by atoms with Crippen LogP contribution in [-0.4, -0.2) is 18.9 Å². The minimum Gasteiger partial charge on any atom is -0.453 e. The number of hydrazone groups is 1. The van der Waals surface area contributed by atoms with E-state index in [0.717, 1.165) is 11.1 Å². The van der Waals surface area contributed by atoms with E-state index >= 15 is 0 Å². The van der Waals surface area contributed by atoms with E-state index in [1.807, 2.05) is 12.1 Å². The van der Waals surface area contributed by atoms with Crippen LogP contribution in [0.1, 0.15) is 18.1 Å². The van der Waals surface area contributed by atoms with Gasteiger partial charge < -0.3 is 15.9 Å². The molecule has 0 radical (unpaired) electrons. The predicted octanol–water partition coefficient (Wildman–Crippen LogP) is 1.88. The third-order valence-electron chi connectivity index (χ3n) is 2.27. The van der Waals surface area contributed by atoms with Gasteiger partial charge in [-0.25, -0.2) is 4.79 Å². The summed E-state index contributed by atoms with van der Waals surface area (Å²) in [4.78, 5) is 11.0. The van der Waals surface area contributed by atoms with Gasteiger partial charge in [0.2, 0.25) is 0 Å². The van der Waals surface area contributed by atoms with Crippen LogP contribution in [0, 0.1) is 0 Å². The first kappa shape index (κ1) is 13.3. The molecule has 0 unspecified atom stereocenters. The highest BCUT2D eigenvalue weighted by molar-refractivity contribution is 6.31. The van der Waals surface area contributed by atoms with Crippen molar-refractivity contribution in [3.63, 3.8) is 0 Å². The van der Waals surface area contributed by atoms with Crippen molar-refractivity contribution >= 4 is 23.4 Å². The second-order valence-corrected chi connectivity index (χ2v) is 3.77. The predicted molar refractivity (Wildman–Crippen MR) is 67.1 cm³/mol. The zero-order valence-corrected chi connectivity index (χ0v) is 10.4. The molecule has 0 aromatic heterocycles. The molecular formula is C11H14ClN3O2. The fraction of sp³-hybridized carbons (Fsp3) is 0.273. The average Bonchev–Trinajstić information content (AvgIpc) is 2.36. The van der Waals surface area contributed by atoms with Gasteiger partial charge in [0.25, 0.3) is 0 Å². The van der Waals surface area contributed by atoms with E-state index in [1.54, 1.807) is 13.0 Å². The Hall–Kier alpha value is -1.75. The van der Waals surface area contributed by atoms with Gasteiger partial charge in [0.1, 0.15) is 0 Å². The number of halogens is 1. The Kier molecular flexibility index (Phi) is 4.78. The van der Waals surface area contributed by atoms with Gasteiger partial charge in [-0.15, -0.1) is 0 Å². The lowest BCUT2D eigenvalue weighted by Crippen LogP contribution is -2.22.